The third kappa shape index (κ3) is 2.45. The number of aromatic hydroxyl groups is 1. The minimum atomic E-state index is -0.336. The van der Waals surface area contributed by atoms with Crippen LogP contribution in [0.15, 0.2) is 12.1 Å². The van der Waals surface area contributed by atoms with Gasteiger partial charge in [-0.15, -0.1) is 0 Å². The van der Waals surface area contributed by atoms with Gasteiger partial charge >= 0.3 is 0 Å². The van der Waals surface area contributed by atoms with Crippen LogP contribution in [0.1, 0.15) is 16.7 Å². The van der Waals surface area contributed by atoms with Crippen LogP contribution >= 0.6 is 0 Å². The molecule has 0 aliphatic carbocycles. The van der Waals surface area contributed by atoms with Gasteiger partial charge in [-0.1, -0.05) is 12.1 Å². The first-order valence-electron chi connectivity index (χ1n) is 4.41. The average molecular weight is 195 g/mol. The summed E-state index contributed by atoms with van der Waals surface area (Å²) in [5, 5.41) is 19.6. The van der Waals surface area contributed by atoms with Gasteiger partial charge in [0.2, 0.25) is 6.54 Å². The summed E-state index contributed by atoms with van der Waals surface area (Å²) in [6, 6.07) is 3.57. The van der Waals surface area contributed by atoms with Gasteiger partial charge in [-0.3, -0.25) is 10.1 Å². The number of rotatable bonds is 3. The molecule has 1 rings (SSSR count). The first-order chi connectivity index (χ1) is 6.50. The summed E-state index contributed by atoms with van der Waals surface area (Å²) in [6.07, 6.45) is 0.412. The second kappa shape index (κ2) is 4.09. The van der Waals surface area contributed by atoms with Crippen molar-refractivity contribution in [1.29, 1.82) is 0 Å². The van der Waals surface area contributed by atoms with Gasteiger partial charge in [0.25, 0.3) is 0 Å². The van der Waals surface area contributed by atoms with E-state index >= 15 is 0 Å². The first kappa shape index (κ1) is 10.5. The Morgan fingerprint density at radius 3 is 2.29 bits per heavy atom. The summed E-state index contributed by atoms with van der Waals surface area (Å²) < 4.78 is 0. The molecule has 0 aliphatic heterocycles. The highest BCUT2D eigenvalue weighted by molar-refractivity contribution is 5.42. The second-order valence-electron chi connectivity index (χ2n) is 3.38. The zero-order chi connectivity index (χ0) is 10.7. The van der Waals surface area contributed by atoms with E-state index in [1.165, 1.54) is 0 Å². The summed E-state index contributed by atoms with van der Waals surface area (Å²) in [7, 11) is 0. The van der Waals surface area contributed by atoms with Crippen LogP contribution in [-0.2, 0) is 6.42 Å². The number of phenolic OH excluding ortho intramolecular Hbond substituents is 1. The fraction of sp³-hybridized carbons (Fsp3) is 0.400. The van der Waals surface area contributed by atoms with Crippen LogP contribution in [0.25, 0.3) is 0 Å². The van der Waals surface area contributed by atoms with Crippen LogP contribution in [0, 0.1) is 24.0 Å². The summed E-state index contributed by atoms with van der Waals surface area (Å²) in [5.41, 5.74) is 2.43. The van der Waals surface area contributed by atoms with Crippen LogP contribution in [0.4, 0.5) is 0 Å². The van der Waals surface area contributed by atoms with Crippen LogP contribution in [0.5, 0.6) is 5.75 Å². The SMILES string of the molecule is Cc1cc(CC[N+](=O)[O-])cc(C)c1O. The molecule has 0 atom stereocenters. The highest BCUT2D eigenvalue weighted by Crippen LogP contribution is 2.22. The van der Waals surface area contributed by atoms with Gasteiger partial charge in [-0.25, -0.2) is 0 Å². The zero-order valence-corrected chi connectivity index (χ0v) is 8.28. The Balaban J connectivity index is 2.84. The fourth-order valence-corrected chi connectivity index (χ4v) is 1.41. The lowest BCUT2D eigenvalue weighted by Gasteiger charge is -2.05. The van der Waals surface area contributed by atoms with E-state index < -0.39 is 0 Å². The molecule has 0 saturated carbocycles. The predicted octanol–water partition coefficient (Wildman–Crippen LogP) is 1.83. The number of nitrogens with zero attached hydrogens (tertiary/aromatic N) is 1. The van der Waals surface area contributed by atoms with E-state index in [1.54, 1.807) is 26.0 Å². The molecule has 0 spiro atoms. The number of hydrogen-bond acceptors (Lipinski definition) is 3. The molecule has 14 heavy (non-hydrogen) atoms. The third-order valence-corrected chi connectivity index (χ3v) is 2.13. The zero-order valence-electron chi connectivity index (χ0n) is 8.28. The molecule has 1 aromatic carbocycles. The Morgan fingerprint density at radius 1 is 1.36 bits per heavy atom. The molecule has 76 valence electrons. The van der Waals surface area contributed by atoms with E-state index in [1.807, 2.05) is 0 Å². The Kier molecular flexibility index (Phi) is 3.06. The molecule has 0 unspecified atom stereocenters. The highest BCUT2D eigenvalue weighted by Gasteiger charge is 2.05. The van der Waals surface area contributed by atoms with Gasteiger partial charge in [-0.2, -0.15) is 0 Å². The monoisotopic (exact) mass is 195 g/mol. The molecule has 4 nitrogen and oxygen atoms in total. The topological polar surface area (TPSA) is 63.4 Å². The Morgan fingerprint density at radius 2 is 1.86 bits per heavy atom. The molecule has 4 heteroatoms. The van der Waals surface area contributed by atoms with Crippen molar-refractivity contribution >= 4 is 0 Å². The molecule has 0 aromatic heterocycles. The summed E-state index contributed by atoms with van der Waals surface area (Å²) in [5.74, 6) is 0.273. The van der Waals surface area contributed by atoms with E-state index in [9.17, 15) is 15.2 Å². The Bertz CT molecular complexity index is 337. The minimum absolute atomic E-state index is 0.0658. The van der Waals surface area contributed by atoms with Crippen LogP contribution in [0.3, 0.4) is 0 Å². The van der Waals surface area contributed by atoms with E-state index in [0.717, 1.165) is 16.7 Å². The fourth-order valence-electron chi connectivity index (χ4n) is 1.41. The Hall–Kier alpha value is -1.58. The average Bonchev–Trinajstić information content (AvgIpc) is 2.10. The van der Waals surface area contributed by atoms with Crippen molar-refractivity contribution in [3.8, 4) is 5.75 Å². The molecule has 1 aromatic rings. The largest absolute Gasteiger partial charge is 0.507 e. The minimum Gasteiger partial charge on any atom is -0.507 e. The van der Waals surface area contributed by atoms with Crippen LogP contribution in [-0.4, -0.2) is 16.6 Å². The lowest BCUT2D eigenvalue weighted by Crippen LogP contribution is -2.04. The molecule has 0 aliphatic rings. The highest BCUT2D eigenvalue weighted by atomic mass is 16.6. The van der Waals surface area contributed by atoms with Crippen LogP contribution in [0.2, 0.25) is 0 Å². The third-order valence-electron chi connectivity index (χ3n) is 2.13. The van der Waals surface area contributed by atoms with Gasteiger partial charge in [-0.05, 0) is 30.5 Å². The number of phenols is 1. The molecular formula is C10H13NO3. The van der Waals surface area contributed by atoms with E-state index in [4.69, 9.17) is 0 Å². The second-order valence-corrected chi connectivity index (χ2v) is 3.38. The summed E-state index contributed by atoms with van der Waals surface area (Å²) in [6.45, 7) is 3.51. The van der Waals surface area contributed by atoms with Crippen LogP contribution < -0.4 is 0 Å². The lowest BCUT2D eigenvalue weighted by molar-refractivity contribution is -0.479. The molecule has 0 heterocycles. The van der Waals surface area contributed by atoms with E-state index in [2.05, 4.69) is 0 Å². The maximum Gasteiger partial charge on any atom is 0.207 e. The van der Waals surface area contributed by atoms with Crippen molar-refractivity contribution in [3.63, 3.8) is 0 Å². The van der Waals surface area contributed by atoms with Gasteiger partial charge in [0, 0.05) is 11.3 Å². The van der Waals surface area contributed by atoms with Crippen molar-refractivity contribution in [2.24, 2.45) is 0 Å². The summed E-state index contributed by atoms with van der Waals surface area (Å²) in [4.78, 5) is 9.83. The van der Waals surface area contributed by atoms with Gasteiger partial charge in [0.15, 0.2) is 0 Å². The van der Waals surface area contributed by atoms with Gasteiger partial charge in [0.1, 0.15) is 5.75 Å². The first-order valence-corrected chi connectivity index (χ1v) is 4.41. The number of aryl methyl sites for hydroxylation is 2. The smallest absolute Gasteiger partial charge is 0.207 e. The van der Waals surface area contributed by atoms with Crippen molar-refractivity contribution in [2.45, 2.75) is 20.3 Å². The molecule has 0 saturated heterocycles. The number of nitro groups is 1. The van der Waals surface area contributed by atoms with Gasteiger partial charge < -0.3 is 5.11 Å². The molecular weight excluding hydrogens is 182 g/mol. The van der Waals surface area contributed by atoms with E-state index in [0.29, 0.717) is 6.42 Å². The molecule has 0 amide bonds. The Labute approximate surface area is 82.3 Å². The number of hydrogen-bond donors (Lipinski definition) is 1. The summed E-state index contributed by atoms with van der Waals surface area (Å²) >= 11 is 0. The lowest BCUT2D eigenvalue weighted by atomic mass is 10.0. The van der Waals surface area contributed by atoms with Crippen molar-refractivity contribution in [1.82, 2.24) is 0 Å². The molecule has 0 fully saturated rings. The molecule has 1 N–H and O–H groups in total. The van der Waals surface area contributed by atoms with Crippen molar-refractivity contribution in [2.75, 3.05) is 6.54 Å². The standard InChI is InChI=1S/C10H13NO3/c1-7-5-9(3-4-11(13)14)6-8(2)10(7)12/h5-6,12H,3-4H2,1-2H3. The predicted molar refractivity (Wildman–Crippen MR) is 53.1 cm³/mol. The maximum atomic E-state index is 10.2. The van der Waals surface area contributed by atoms with Crippen molar-refractivity contribution < 1.29 is 10.0 Å². The van der Waals surface area contributed by atoms with Crippen molar-refractivity contribution in [3.05, 3.63) is 38.9 Å². The molecule has 0 bridgehead atoms. The quantitative estimate of drug-likeness (QED) is 0.591. The normalized spacial score (nSPS) is 10.1. The van der Waals surface area contributed by atoms with E-state index in [-0.39, 0.29) is 17.2 Å². The number of benzene rings is 1. The molecule has 0 radical (unpaired) electrons. The maximum absolute atomic E-state index is 10.2. The van der Waals surface area contributed by atoms with Gasteiger partial charge in [0.05, 0.1) is 0 Å².